The fraction of sp³-hybridized carbons (Fsp3) is 0.667. The van der Waals surface area contributed by atoms with Gasteiger partial charge in [0.25, 0.3) is 0 Å². The molecule has 1 aromatic heterocycles. The highest BCUT2D eigenvalue weighted by atomic mass is 15.3. The van der Waals surface area contributed by atoms with Gasteiger partial charge < -0.3 is 5.73 Å². The van der Waals surface area contributed by atoms with E-state index in [9.17, 15) is 0 Å². The number of rotatable bonds is 4. The fourth-order valence-electron chi connectivity index (χ4n) is 1.40. The highest BCUT2D eigenvalue weighted by molar-refractivity contribution is 5.17. The van der Waals surface area contributed by atoms with E-state index in [1.54, 1.807) is 0 Å². The quantitative estimate of drug-likeness (QED) is 0.723. The Labute approximate surface area is 73.6 Å². The van der Waals surface area contributed by atoms with Gasteiger partial charge in [0.1, 0.15) is 0 Å². The molecule has 68 valence electrons. The predicted molar refractivity (Wildman–Crippen MR) is 50.0 cm³/mol. The fourth-order valence-corrected chi connectivity index (χ4v) is 1.40. The van der Waals surface area contributed by atoms with E-state index in [-0.39, 0.29) is 0 Å². The SMILES string of the molecule is CCc1cnn(C)c1CCCN. The smallest absolute Gasteiger partial charge is 0.0524 e. The Bertz CT molecular complexity index is 240. The largest absolute Gasteiger partial charge is 0.330 e. The monoisotopic (exact) mass is 167 g/mol. The van der Waals surface area contributed by atoms with Crippen LogP contribution < -0.4 is 5.73 Å². The highest BCUT2D eigenvalue weighted by Gasteiger charge is 2.04. The minimum Gasteiger partial charge on any atom is -0.330 e. The highest BCUT2D eigenvalue weighted by Crippen LogP contribution is 2.09. The van der Waals surface area contributed by atoms with E-state index in [1.165, 1.54) is 11.3 Å². The van der Waals surface area contributed by atoms with Crippen molar-refractivity contribution in [2.24, 2.45) is 12.8 Å². The van der Waals surface area contributed by atoms with Crippen LogP contribution >= 0.6 is 0 Å². The summed E-state index contributed by atoms with van der Waals surface area (Å²) in [7, 11) is 1.99. The van der Waals surface area contributed by atoms with E-state index >= 15 is 0 Å². The zero-order valence-electron chi connectivity index (χ0n) is 7.88. The lowest BCUT2D eigenvalue weighted by atomic mass is 10.1. The summed E-state index contributed by atoms with van der Waals surface area (Å²) < 4.78 is 1.95. The minimum atomic E-state index is 0.758. The second kappa shape index (κ2) is 4.26. The second-order valence-corrected chi connectivity index (χ2v) is 2.99. The summed E-state index contributed by atoms with van der Waals surface area (Å²) in [6.07, 6.45) is 5.11. The molecular formula is C9H17N3. The molecular weight excluding hydrogens is 150 g/mol. The molecule has 0 atom stereocenters. The lowest BCUT2D eigenvalue weighted by molar-refractivity contribution is 0.682. The molecule has 3 nitrogen and oxygen atoms in total. The van der Waals surface area contributed by atoms with Crippen molar-refractivity contribution in [3.8, 4) is 0 Å². The van der Waals surface area contributed by atoms with Gasteiger partial charge in [0, 0.05) is 12.7 Å². The van der Waals surface area contributed by atoms with E-state index in [1.807, 2.05) is 17.9 Å². The summed E-state index contributed by atoms with van der Waals surface area (Å²) in [4.78, 5) is 0. The molecule has 0 aliphatic heterocycles. The Morgan fingerprint density at radius 3 is 2.92 bits per heavy atom. The zero-order chi connectivity index (χ0) is 8.97. The molecule has 2 N–H and O–H groups in total. The van der Waals surface area contributed by atoms with E-state index in [4.69, 9.17) is 5.73 Å². The van der Waals surface area contributed by atoms with Gasteiger partial charge >= 0.3 is 0 Å². The van der Waals surface area contributed by atoms with Crippen molar-refractivity contribution in [3.63, 3.8) is 0 Å². The predicted octanol–water partition coefficient (Wildman–Crippen LogP) is 0.874. The van der Waals surface area contributed by atoms with Crippen LogP contribution in [0.2, 0.25) is 0 Å². The first-order chi connectivity index (χ1) is 5.79. The summed E-state index contributed by atoms with van der Waals surface area (Å²) >= 11 is 0. The van der Waals surface area contributed by atoms with Gasteiger partial charge in [0.05, 0.1) is 6.20 Å². The Hall–Kier alpha value is -0.830. The third kappa shape index (κ3) is 1.85. The molecule has 3 heteroatoms. The summed E-state index contributed by atoms with van der Waals surface area (Å²) in [5.74, 6) is 0. The molecule has 0 unspecified atom stereocenters. The van der Waals surface area contributed by atoms with Crippen LogP contribution in [0.25, 0.3) is 0 Å². The molecule has 0 aromatic carbocycles. The van der Waals surface area contributed by atoms with Gasteiger partial charge in [-0.2, -0.15) is 5.10 Å². The normalized spacial score (nSPS) is 10.6. The molecule has 0 spiro atoms. The summed E-state index contributed by atoms with van der Waals surface area (Å²) in [6.45, 7) is 2.91. The third-order valence-corrected chi connectivity index (χ3v) is 2.15. The summed E-state index contributed by atoms with van der Waals surface area (Å²) in [5.41, 5.74) is 8.15. The van der Waals surface area contributed by atoms with Gasteiger partial charge in [0.2, 0.25) is 0 Å². The molecule has 1 aromatic rings. The number of hydrogen-bond donors (Lipinski definition) is 1. The van der Waals surface area contributed by atoms with E-state index in [0.717, 1.165) is 25.8 Å². The Balaban J connectivity index is 2.72. The van der Waals surface area contributed by atoms with Crippen molar-refractivity contribution in [3.05, 3.63) is 17.5 Å². The van der Waals surface area contributed by atoms with Gasteiger partial charge in [-0.1, -0.05) is 6.92 Å². The van der Waals surface area contributed by atoms with E-state index < -0.39 is 0 Å². The standard InChI is InChI=1S/C9H17N3/c1-3-8-7-11-12(2)9(8)5-4-6-10/h7H,3-6,10H2,1-2H3. The first-order valence-corrected chi connectivity index (χ1v) is 4.49. The van der Waals surface area contributed by atoms with Gasteiger partial charge in [-0.25, -0.2) is 0 Å². The molecule has 0 aliphatic rings. The van der Waals surface area contributed by atoms with Crippen molar-refractivity contribution in [1.82, 2.24) is 9.78 Å². The molecule has 0 amide bonds. The molecule has 12 heavy (non-hydrogen) atoms. The van der Waals surface area contributed by atoms with Crippen LogP contribution in [0.4, 0.5) is 0 Å². The van der Waals surface area contributed by atoms with Crippen molar-refractivity contribution in [1.29, 1.82) is 0 Å². The average molecular weight is 167 g/mol. The van der Waals surface area contributed by atoms with Crippen LogP contribution in [-0.4, -0.2) is 16.3 Å². The van der Waals surface area contributed by atoms with Crippen molar-refractivity contribution >= 4 is 0 Å². The first kappa shape index (κ1) is 9.26. The lowest BCUT2D eigenvalue weighted by Crippen LogP contribution is -2.05. The molecule has 0 saturated heterocycles. The molecule has 1 heterocycles. The van der Waals surface area contributed by atoms with Crippen LogP contribution in [0.3, 0.4) is 0 Å². The summed E-state index contributed by atoms with van der Waals surface area (Å²) in [6, 6.07) is 0. The number of aryl methyl sites for hydroxylation is 2. The van der Waals surface area contributed by atoms with Crippen LogP contribution in [0.1, 0.15) is 24.6 Å². The molecule has 0 aliphatic carbocycles. The maximum atomic E-state index is 5.46. The Morgan fingerprint density at radius 2 is 2.33 bits per heavy atom. The maximum Gasteiger partial charge on any atom is 0.0524 e. The molecule has 0 bridgehead atoms. The number of aromatic nitrogens is 2. The number of nitrogens with zero attached hydrogens (tertiary/aromatic N) is 2. The third-order valence-electron chi connectivity index (χ3n) is 2.15. The minimum absolute atomic E-state index is 0.758. The molecule has 0 saturated carbocycles. The Kier molecular flexibility index (Phi) is 3.29. The van der Waals surface area contributed by atoms with Gasteiger partial charge in [-0.3, -0.25) is 4.68 Å². The van der Waals surface area contributed by atoms with Crippen molar-refractivity contribution < 1.29 is 0 Å². The summed E-state index contributed by atoms with van der Waals surface area (Å²) in [5, 5.41) is 4.22. The van der Waals surface area contributed by atoms with Crippen LogP contribution in [0, 0.1) is 0 Å². The van der Waals surface area contributed by atoms with E-state index in [2.05, 4.69) is 12.0 Å². The van der Waals surface area contributed by atoms with Gasteiger partial charge in [0.15, 0.2) is 0 Å². The molecule has 0 fully saturated rings. The lowest BCUT2D eigenvalue weighted by Gasteiger charge is -2.02. The van der Waals surface area contributed by atoms with Crippen LogP contribution in [-0.2, 0) is 19.9 Å². The van der Waals surface area contributed by atoms with Crippen LogP contribution in [0.15, 0.2) is 6.20 Å². The zero-order valence-corrected chi connectivity index (χ0v) is 7.88. The maximum absolute atomic E-state index is 5.46. The second-order valence-electron chi connectivity index (χ2n) is 2.99. The Morgan fingerprint density at radius 1 is 1.58 bits per heavy atom. The molecule has 1 rings (SSSR count). The first-order valence-electron chi connectivity index (χ1n) is 4.49. The van der Waals surface area contributed by atoms with Crippen molar-refractivity contribution in [2.45, 2.75) is 26.2 Å². The topological polar surface area (TPSA) is 43.8 Å². The van der Waals surface area contributed by atoms with Crippen molar-refractivity contribution in [2.75, 3.05) is 6.54 Å². The molecule has 0 radical (unpaired) electrons. The van der Waals surface area contributed by atoms with Gasteiger partial charge in [-0.05, 0) is 31.4 Å². The van der Waals surface area contributed by atoms with E-state index in [0.29, 0.717) is 0 Å². The van der Waals surface area contributed by atoms with Gasteiger partial charge in [-0.15, -0.1) is 0 Å². The van der Waals surface area contributed by atoms with Crippen LogP contribution in [0.5, 0.6) is 0 Å². The number of nitrogens with two attached hydrogens (primary N) is 1. The average Bonchev–Trinajstić information content (AvgIpc) is 2.43. The number of hydrogen-bond acceptors (Lipinski definition) is 2.